The van der Waals surface area contributed by atoms with Crippen molar-refractivity contribution in [2.75, 3.05) is 11.4 Å². The molecule has 0 N–H and O–H groups in total. The summed E-state index contributed by atoms with van der Waals surface area (Å²) >= 11 is 5.92. The van der Waals surface area contributed by atoms with Crippen molar-refractivity contribution in [2.45, 2.75) is 36.8 Å². The number of aromatic nitrogens is 3. The topological polar surface area (TPSA) is 33.4 Å². The van der Waals surface area contributed by atoms with E-state index in [0.29, 0.717) is 17.7 Å². The third-order valence-corrected chi connectivity index (χ3v) is 7.27. The molecule has 2 saturated carbocycles. The second kappa shape index (κ2) is 5.68. The van der Waals surface area contributed by atoms with E-state index in [0.717, 1.165) is 11.4 Å². The van der Waals surface area contributed by atoms with E-state index in [1.165, 1.54) is 17.2 Å². The molecule has 3 heterocycles. The maximum absolute atomic E-state index is 14.2. The molecule has 0 spiro atoms. The number of halogens is 6. The molecule has 4 atom stereocenters. The van der Waals surface area contributed by atoms with E-state index >= 15 is 0 Å². The summed E-state index contributed by atoms with van der Waals surface area (Å²) in [5.41, 5.74) is -0.781. The molecule has 2 fully saturated rings. The van der Waals surface area contributed by atoms with Crippen molar-refractivity contribution >= 4 is 28.6 Å². The Morgan fingerprint density at radius 3 is 2.48 bits per heavy atom. The Kier molecular flexibility index (Phi) is 3.53. The van der Waals surface area contributed by atoms with Gasteiger partial charge in [-0.3, -0.25) is 0 Å². The van der Waals surface area contributed by atoms with Crippen LogP contribution in [0, 0.1) is 11.8 Å². The van der Waals surface area contributed by atoms with E-state index in [9.17, 15) is 22.0 Å². The molecule has 3 aliphatic rings. The summed E-state index contributed by atoms with van der Waals surface area (Å²) in [7, 11) is 0. The number of hydrogen-bond donors (Lipinski definition) is 0. The summed E-state index contributed by atoms with van der Waals surface area (Å²) in [6.45, 7) is 0.741. The van der Waals surface area contributed by atoms with Crippen molar-refractivity contribution < 1.29 is 22.0 Å². The van der Waals surface area contributed by atoms with Gasteiger partial charge < -0.3 is 4.90 Å². The van der Waals surface area contributed by atoms with Gasteiger partial charge in [-0.25, -0.2) is 18.3 Å². The number of benzene rings is 1. The van der Waals surface area contributed by atoms with Crippen molar-refractivity contribution in [3.05, 3.63) is 52.9 Å². The zero-order chi connectivity index (χ0) is 21.9. The van der Waals surface area contributed by atoms with Crippen molar-refractivity contribution in [1.82, 2.24) is 14.6 Å². The Labute approximate surface area is 178 Å². The number of rotatable bonds is 2. The Balaban J connectivity index is 1.44. The van der Waals surface area contributed by atoms with Crippen molar-refractivity contribution in [3.8, 4) is 0 Å². The Bertz CT molecular complexity index is 1220. The monoisotopic (exact) mass is 454 g/mol. The molecule has 10 heteroatoms. The van der Waals surface area contributed by atoms with E-state index in [-0.39, 0.29) is 34.6 Å². The minimum absolute atomic E-state index is 0.0175. The first kappa shape index (κ1) is 19.3. The molecule has 1 unspecified atom stereocenters. The number of anilines is 2. The molecule has 0 saturated heterocycles. The number of alkyl halides is 5. The molecule has 3 aromatic rings. The predicted octanol–water partition coefficient (Wildman–Crippen LogP) is 5.72. The van der Waals surface area contributed by atoms with Gasteiger partial charge in [0.15, 0.2) is 10.8 Å². The molecule has 1 aromatic carbocycles. The van der Waals surface area contributed by atoms with Crippen LogP contribution in [0.5, 0.6) is 0 Å². The predicted molar refractivity (Wildman–Crippen MR) is 104 cm³/mol. The van der Waals surface area contributed by atoms with E-state index in [2.05, 4.69) is 10.1 Å². The fourth-order valence-electron chi connectivity index (χ4n) is 5.30. The van der Waals surface area contributed by atoms with E-state index in [1.807, 2.05) is 0 Å². The Morgan fingerprint density at radius 1 is 1.16 bits per heavy atom. The standard InChI is InChI=1S/C21H16ClF5N4/c1-19(21(25,26)27)9-30(14-8-28-16-7-15(22)29-31(16)18(14)19)11-4-2-10(3-5-11)17-12-6-13(12)20(17,23)24/h2-5,7-8,12-13,17H,6,9H2,1H3/t12-,13?,17+,19+/m0/s1. The third kappa shape index (κ3) is 2.41. The van der Waals surface area contributed by atoms with Crippen LogP contribution in [0.25, 0.3) is 5.65 Å². The first-order chi connectivity index (χ1) is 14.5. The zero-order valence-electron chi connectivity index (χ0n) is 16.2. The Hall–Kier alpha value is -2.42. The van der Waals surface area contributed by atoms with Crippen molar-refractivity contribution in [1.29, 1.82) is 0 Å². The molecule has 31 heavy (non-hydrogen) atoms. The van der Waals surface area contributed by atoms with Crippen molar-refractivity contribution in [2.24, 2.45) is 11.8 Å². The smallest absolute Gasteiger partial charge is 0.337 e. The number of hydrogen-bond acceptors (Lipinski definition) is 3. The number of nitrogens with zero attached hydrogens (tertiary/aromatic N) is 4. The molecule has 2 aliphatic carbocycles. The van der Waals surface area contributed by atoms with Crippen LogP contribution < -0.4 is 4.90 Å². The molecule has 0 amide bonds. The van der Waals surface area contributed by atoms with Crippen LogP contribution in [-0.2, 0) is 5.41 Å². The second-order valence-corrected chi connectivity index (χ2v) is 9.28. The third-order valence-electron chi connectivity index (χ3n) is 7.09. The average Bonchev–Trinajstić information content (AvgIpc) is 3.20. The largest absolute Gasteiger partial charge is 0.401 e. The van der Waals surface area contributed by atoms with Crippen LogP contribution in [0.15, 0.2) is 36.5 Å². The maximum atomic E-state index is 14.2. The lowest BCUT2D eigenvalue weighted by atomic mass is 9.76. The highest BCUT2D eigenvalue weighted by Gasteiger charge is 2.74. The fourth-order valence-corrected chi connectivity index (χ4v) is 5.47. The molecule has 0 bridgehead atoms. The summed E-state index contributed by atoms with van der Waals surface area (Å²) in [5, 5.41) is 4.07. The highest BCUT2D eigenvalue weighted by Crippen LogP contribution is 2.72. The molecule has 0 radical (unpaired) electrons. The Morgan fingerprint density at radius 2 is 1.87 bits per heavy atom. The highest BCUT2D eigenvalue weighted by atomic mass is 35.5. The van der Waals surface area contributed by atoms with E-state index < -0.39 is 29.3 Å². The van der Waals surface area contributed by atoms with Gasteiger partial charge in [-0.2, -0.15) is 18.3 Å². The molecule has 2 aromatic heterocycles. The minimum atomic E-state index is -4.56. The van der Waals surface area contributed by atoms with Gasteiger partial charge in [-0.05, 0) is 37.0 Å². The van der Waals surface area contributed by atoms with Crippen LogP contribution >= 0.6 is 11.6 Å². The molecule has 162 valence electrons. The van der Waals surface area contributed by atoms with Crippen LogP contribution in [0.4, 0.5) is 33.3 Å². The molecular formula is C21H16ClF5N4. The first-order valence-electron chi connectivity index (χ1n) is 9.89. The van der Waals surface area contributed by atoms with Gasteiger partial charge in [-0.15, -0.1) is 0 Å². The van der Waals surface area contributed by atoms with Gasteiger partial charge in [0.05, 0.1) is 23.5 Å². The maximum Gasteiger partial charge on any atom is 0.401 e. The SMILES string of the molecule is C[C@@]1(C(F)(F)F)CN(c2ccc([C@@H]3[C@H]4CC4C3(F)F)cc2)c2cnc3cc(Cl)nn3c21. The van der Waals surface area contributed by atoms with E-state index in [4.69, 9.17) is 11.6 Å². The summed E-state index contributed by atoms with van der Waals surface area (Å²) < 4.78 is 72.0. The molecular weight excluding hydrogens is 439 g/mol. The summed E-state index contributed by atoms with van der Waals surface area (Å²) in [6, 6.07) is 7.81. The van der Waals surface area contributed by atoms with Gasteiger partial charge in [0.2, 0.25) is 0 Å². The fraction of sp³-hybridized carbons (Fsp3) is 0.429. The van der Waals surface area contributed by atoms with Crippen LogP contribution in [0.3, 0.4) is 0 Å². The minimum Gasteiger partial charge on any atom is -0.337 e. The lowest BCUT2D eigenvalue weighted by molar-refractivity contribution is -0.181. The number of fused-ring (bicyclic) bond motifs is 4. The average molecular weight is 455 g/mol. The quantitative estimate of drug-likeness (QED) is 0.464. The zero-order valence-corrected chi connectivity index (χ0v) is 16.9. The van der Waals surface area contributed by atoms with Gasteiger partial charge in [0, 0.05) is 24.2 Å². The van der Waals surface area contributed by atoms with Gasteiger partial charge in [-0.1, -0.05) is 23.7 Å². The molecule has 6 rings (SSSR count). The summed E-state index contributed by atoms with van der Waals surface area (Å²) in [6.07, 6.45) is -2.64. The van der Waals surface area contributed by atoms with Gasteiger partial charge in [0.25, 0.3) is 5.92 Å². The first-order valence-corrected chi connectivity index (χ1v) is 10.3. The van der Waals surface area contributed by atoms with Gasteiger partial charge >= 0.3 is 6.18 Å². The van der Waals surface area contributed by atoms with E-state index in [1.54, 1.807) is 24.3 Å². The van der Waals surface area contributed by atoms with Gasteiger partial charge in [0.1, 0.15) is 5.41 Å². The molecule has 4 nitrogen and oxygen atoms in total. The lowest BCUT2D eigenvalue weighted by Gasteiger charge is -2.36. The normalized spacial score (nSPS) is 30.8. The van der Waals surface area contributed by atoms with Crippen LogP contribution in [-0.4, -0.2) is 33.2 Å². The van der Waals surface area contributed by atoms with Crippen LogP contribution in [0.1, 0.15) is 30.5 Å². The molecule has 1 aliphatic heterocycles. The summed E-state index contributed by atoms with van der Waals surface area (Å²) in [4.78, 5) is 5.71. The summed E-state index contributed by atoms with van der Waals surface area (Å²) in [5.74, 6) is -3.99. The highest BCUT2D eigenvalue weighted by molar-refractivity contribution is 6.29. The van der Waals surface area contributed by atoms with Crippen LogP contribution in [0.2, 0.25) is 5.15 Å². The van der Waals surface area contributed by atoms with Crippen molar-refractivity contribution in [3.63, 3.8) is 0 Å². The second-order valence-electron chi connectivity index (χ2n) is 8.89. The lowest BCUT2D eigenvalue weighted by Crippen LogP contribution is -2.43.